The van der Waals surface area contributed by atoms with Gasteiger partial charge in [0.05, 0.1) is 36.0 Å². The Balaban J connectivity index is 1.30. The molecular formula is C36H30N4O5. The Morgan fingerprint density at radius 2 is 1.62 bits per heavy atom. The van der Waals surface area contributed by atoms with Crippen LogP contribution in [0.3, 0.4) is 0 Å². The van der Waals surface area contributed by atoms with Crippen LogP contribution in [-0.2, 0) is 4.79 Å². The minimum Gasteiger partial charge on any atom is -0.494 e. The van der Waals surface area contributed by atoms with Crippen molar-refractivity contribution in [2.45, 2.75) is 6.92 Å². The number of para-hydroxylation sites is 3. The highest BCUT2D eigenvalue weighted by Gasteiger charge is 2.16. The predicted molar refractivity (Wildman–Crippen MR) is 176 cm³/mol. The summed E-state index contributed by atoms with van der Waals surface area (Å²) in [4.78, 5) is 38.4. The zero-order valence-electron chi connectivity index (χ0n) is 24.7. The number of pyridine rings is 1. The number of hydrogen-bond donors (Lipinski definition) is 2. The molecule has 0 aliphatic carbocycles. The van der Waals surface area contributed by atoms with E-state index in [0.717, 1.165) is 22.2 Å². The van der Waals surface area contributed by atoms with Gasteiger partial charge >= 0.3 is 0 Å². The lowest BCUT2D eigenvalue weighted by molar-refractivity contribution is -0.118. The first kappa shape index (κ1) is 29.1. The molecule has 9 heteroatoms. The fourth-order valence-electron chi connectivity index (χ4n) is 4.89. The number of nitrogens with one attached hydrogen (secondary N) is 2. The zero-order valence-corrected chi connectivity index (χ0v) is 24.7. The number of aromatic amines is 1. The van der Waals surface area contributed by atoms with Crippen molar-refractivity contribution in [2.75, 3.05) is 25.6 Å². The third kappa shape index (κ3) is 6.67. The van der Waals surface area contributed by atoms with Gasteiger partial charge in [-0.2, -0.15) is 0 Å². The van der Waals surface area contributed by atoms with Crippen molar-refractivity contribution in [1.82, 2.24) is 15.0 Å². The van der Waals surface area contributed by atoms with Crippen molar-refractivity contribution >= 4 is 45.2 Å². The first-order valence-electron chi connectivity index (χ1n) is 14.4. The average molecular weight is 599 g/mol. The van der Waals surface area contributed by atoms with E-state index in [1.54, 1.807) is 36.4 Å². The second-order valence-corrected chi connectivity index (χ2v) is 10.1. The molecule has 0 radical (unpaired) electrons. The molecule has 0 unspecified atom stereocenters. The highest BCUT2D eigenvalue weighted by Crippen LogP contribution is 2.31. The highest BCUT2D eigenvalue weighted by molar-refractivity contribution is 5.93. The number of fused-ring (bicyclic) bond motifs is 2. The Labute approximate surface area is 259 Å². The second kappa shape index (κ2) is 13.1. The summed E-state index contributed by atoms with van der Waals surface area (Å²) in [5, 5.41) is 3.79. The van der Waals surface area contributed by atoms with Crippen LogP contribution < -0.4 is 25.1 Å². The van der Waals surface area contributed by atoms with E-state index in [9.17, 15) is 9.59 Å². The molecule has 0 saturated heterocycles. The number of carbonyl (C=O) groups excluding carboxylic acids is 1. The molecule has 9 nitrogen and oxygen atoms in total. The second-order valence-electron chi connectivity index (χ2n) is 10.1. The summed E-state index contributed by atoms with van der Waals surface area (Å²) < 4.78 is 16.9. The minimum absolute atomic E-state index is 0.221. The Hall–Kier alpha value is -5.96. The number of benzene rings is 4. The maximum absolute atomic E-state index is 13.3. The van der Waals surface area contributed by atoms with Crippen LogP contribution in [0.4, 0.5) is 5.69 Å². The average Bonchev–Trinajstić information content (AvgIpc) is 3.07. The molecule has 0 aliphatic rings. The maximum Gasteiger partial charge on any atom is 0.275 e. The van der Waals surface area contributed by atoms with E-state index in [1.807, 2.05) is 79.7 Å². The minimum atomic E-state index is -0.333. The molecule has 2 aromatic heterocycles. The molecule has 0 bridgehead atoms. The number of aromatic nitrogens is 3. The summed E-state index contributed by atoms with van der Waals surface area (Å²) in [5.41, 5.74) is 4.48. The van der Waals surface area contributed by atoms with Gasteiger partial charge in [0.25, 0.3) is 11.5 Å². The van der Waals surface area contributed by atoms with E-state index in [4.69, 9.17) is 24.2 Å². The Kier molecular flexibility index (Phi) is 8.50. The van der Waals surface area contributed by atoms with Crippen molar-refractivity contribution in [2.24, 2.45) is 0 Å². The molecule has 0 fully saturated rings. The quantitative estimate of drug-likeness (QED) is 0.185. The molecule has 0 saturated carbocycles. The summed E-state index contributed by atoms with van der Waals surface area (Å²) in [6.45, 7) is 2.26. The Morgan fingerprint density at radius 1 is 0.844 bits per heavy atom. The SMILES string of the molecule is CCOc1ccc(NC(=O)COc2ccc(/C=C(\c3ccc4ccccc4n3)c3nc4ccccc4[nH]c3=O)cc2OC)cc1. The molecule has 6 rings (SSSR count). The van der Waals surface area contributed by atoms with Crippen LogP contribution >= 0.6 is 0 Å². The molecule has 45 heavy (non-hydrogen) atoms. The molecule has 6 aromatic rings. The smallest absolute Gasteiger partial charge is 0.275 e. The maximum atomic E-state index is 13.3. The summed E-state index contributed by atoms with van der Waals surface area (Å²) in [7, 11) is 1.52. The lowest BCUT2D eigenvalue weighted by Gasteiger charge is -2.13. The predicted octanol–water partition coefficient (Wildman–Crippen LogP) is 6.49. The van der Waals surface area contributed by atoms with E-state index < -0.39 is 0 Å². The zero-order chi connectivity index (χ0) is 31.2. The Bertz CT molecular complexity index is 2090. The van der Waals surface area contributed by atoms with Gasteiger partial charge in [0.1, 0.15) is 11.4 Å². The molecule has 2 N–H and O–H groups in total. The first-order valence-corrected chi connectivity index (χ1v) is 14.4. The summed E-state index contributed by atoms with van der Waals surface area (Å²) in [6.07, 6.45) is 1.84. The van der Waals surface area contributed by atoms with Crippen molar-refractivity contribution < 1.29 is 19.0 Å². The lowest BCUT2D eigenvalue weighted by Crippen LogP contribution is -2.20. The van der Waals surface area contributed by atoms with Crippen LogP contribution in [0.15, 0.2) is 108 Å². The number of anilines is 1. The van der Waals surface area contributed by atoms with Crippen LogP contribution in [0.2, 0.25) is 0 Å². The largest absolute Gasteiger partial charge is 0.494 e. The molecule has 0 atom stereocenters. The molecule has 4 aromatic carbocycles. The molecular weight excluding hydrogens is 568 g/mol. The fourth-order valence-corrected chi connectivity index (χ4v) is 4.89. The normalized spacial score (nSPS) is 11.4. The van der Waals surface area contributed by atoms with Gasteiger partial charge in [0, 0.05) is 16.6 Å². The summed E-state index contributed by atoms with van der Waals surface area (Å²) >= 11 is 0. The van der Waals surface area contributed by atoms with Gasteiger partial charge in [-0.1, -0.05) is 42.5 Å². The van der Waals surface area contributed by atoms with Crippen LogP contribution in [0, 0.1) is 0 Å². The number of methoxy groups -OCH3 is 1. The number of ether oxygens (including phenoxy) is 3. The van der Waals surface area contributed by atoms with E-state index >= 15 is 0 Å². The standard InChI is InChI=1S/C36H30N4O5/c1-3-44-26-16-14-25(15-17-26)37-34(41)22-45-32-19-12-23(21-33(32)43-2)20-27(29-18-13-24-8-4-5-9-28(24)38-29)35-36(42)40-31-11-7-6-10-30(31)39-35/h4-21H,3,22H2,1-2H3,(H,37,41)(H,40,42)/b27-20+. The van der Waals surface area contributed by atoms with Crippen molar-refractivity contribution in [3.05, 3.63) is 130 Å². The van der Waals surface area contributed by atoms with Gasteiger partial charge in [-0.15, -0.1) is 0 Å². The Morgan fingerprint density at radius 3 is 2.42 bits per heavy atom. The number of amides is 1. The number of hydrogen-bond acceptors (Lipinski definition) is 7. The van der Waals surface area contributed by atoms with Gasteiger partial charge in [0.2, 0.25) is 0 Å². The molecule has 224 valence electrons. The monoisotopic (exact) mass is 598 g/mol. The third-order valence-electron chi connectivity index (χ3n) is 7.04. The fraction of sp³-hybridized carbons (Fsp3) is 0.111. The highest BCUT2D eigenvalue weighted by atomic mass is 16.5. The van der Waals surface area contributed by atoms with Crippen LogP contribution in [0.5, 0.6) is 17.2 Å². The van der Waals surface area contributed by atoms with Crippen molar-refractivity contribution in [1.29, 1.82) is 0 Å². The third-order valence-corrected chi connectivity index (χ3v) is 7.04. The van der Waals surface area contributed by atoms with Gasteiger partial charge in [0.15, 0.2) is 18.1 Å². The van der Waals surface area contributed by atoms with E-state index in [1.165, 1.54) is 7.11 Å². The van der Waals surface area contributed by atoms with Crippen LogP contribution in [0.1, 0.15) is 23.9 Å². The summed E-state index contributed by atoms with van der Waals surface area (Å²) in [6, 6.07) is 31.4. The van der Waals surface area contributed by atoms with Crippen molar-refractivity contribution in [3.8, 4) is 17.2 Å². The topological polar surface area (TPSA) is 115 Å². The van der Waals surface area contributed by atoms with E-state index in [2.05, 4.69) is 10.3 Å². The molecule has 0 spiro atoms. The number of nitrogens with zero attached hydrogens (tertiary/aromatic N) is 2. The number of carbonyl (C=O) groups is 1. The van der Waals surface area contributed by atoms with Crippen LogP contribution in [-0.4, -0.2) is 41.2 Å². The number of H-pyrrole nitrogens is 1. The van der Waals surface area contributed by atoms with Gasteiger partial charge in [-0.05, 0) is 79.2 Å². The molecule has 0 aliphatic heterocycles. The van der Waals surface area contributed by atoms with Gasteiger partial charge in [-0.3, -0.25) is 9.59 Å². The van der Waals surface area contributed by atoms with Crippen molar-refractivity contribution in [3.63, 3.8) is 0 Å². The number of rotatable bonds is 10. The lowest BCUT2D eigenvalue weighted by atomic mass is 10.0. The van der Waals surface area contributed by atoms with Crippen LogP contribution in [0.25, 0.3) is 33.6 Å². The van der Waals surface area contributed by atoms with E-state index in [0.29, 0.717) is 46.1 Å². The van der Waals surface area contributed by atoms with Gasteiger partial charge < -0.3 is 24.5 Å². The van der Waals surface area contributed by atoms with Gasteiger partial charge in [-0.25, -0.2) is 9.97 Å². The van der Waals surface area contributed by atoms with E-state index in [-0.39, 0.29) is 23.8 Å². The molecule has 1 amide bonds. The molecule has 2 heterocycles. The first-order chi connectivity index (χ1) is 22.0. The summed E-state index contributed by atoms with van der Waals surface area (Å²) in [5.74, 6) is 1.22.